The second-order valence-corrected chi connectivity index (χ2v) is 6.21. The zero-order valence-electron chi connectivity index (χ0n) is 10.2. The van der Waals surface area contributed by atoms with Gasteiger partial charge in [0.25, 0.3) is 0 Å². The monoisotopic (exact) mass is 330 g/mol. The lowest BCUT2D eigenvalue weighted by atomic mass is 10.00. The number of alkyl halides is 1. The average molecular weight is 331 g/mol. The highest BCUT2D eigenvalue weighted by atomic mass is 79.9. The number of hydrogen-bond acceptors (Lipinski definition) is 4. The van der Waals surface area contributed by atoms with Crippen molar-refractivity contribution in [3.05, 3.63) is 0 Å². The zero-order chi connectivity index (χ0) is 13.5. The van der Waals surface area contributed by atoms with Crippen LogP contribution in [0.5, 0.6) is 0 Å². The van der Waals surface area contributed by atoms with E-state index in [1.807, 2.05) is 13.8 Å². The minimum atomic E-state index is -3.84. The van der Waals surface area contributed by atoms with Gasteiger partial charge in [-0.1, -0.05) is 42.6 Å². The van der Waals surface area contributed by atoms with Crippen molar-refractivity contribution in [2.75, 3.05) is 13.7 Å². The lowest BCUT2D eigenvalue weighted by Gasteiger charge is -2.19. The van der Waals surface area contributed by atoms with Crippen LogP contribution in [-0.4, -0.2) is 33.0 Å². The van der Waals surface area contributed by atoms with Crippen LogP contribution in [0.3, 0.4) is 0 Å². The number of halogens is 1. The molecule has 0 saturated heterocycles. The molecule has 102 valence electrons. The predicted octanol–water partition coefficient (Wildman–Crippen LogP) is 1.38. The van der Waals surface area contributed by atoms with Crippen LogP contribution in [-0.2, 0) is 14.9 Å². The highest BCUT2D eigenvalue weighted by Gasteiger charge is 2.19. The van der Waals surface area contributed by atoms with E-state index < -0.39 is 16.3 Å². The molecule has 0 radical (unpaired) electrons. The predicted molar refractivity (Wildman–Crippen MR) is 69.3 cm³/mol. The summed E-state index contributed by atoms with van der Waals surface area (Å²) in [6.07, 6.45) is 0.906. The molecule has 1 atom stereocenters. The molecule has 0 bridgehead atoms. The third-order valence-electron chi connectivity index (χ3n) is 2.43. The number of carbonyl (C=O) groups excluding carboxylic acids is 1. The Bertz CT molecular complexity index is 330. The van der Waals surface area contributed by atoms with Crippen LogP contribution in [0, 0.1) is 5.92 Å². The van der Waals surface area contributed by atoms with Gasteiger partial charge in [-0.3, -0.25) is 0 Å². The molecule has 17 heavy (non-hydrogen) atoms. The quantitative estimate of drug-likeness (QED) is 0.690. The molecule has 0 aromatic carbocycles. The number of amides is 1. The van der Waals surface area contributed by atoms with Crippen LogP contribution in [0.4, 0.5) is 4.79 Å². The first-order valence-electron chi connectivity index (χ1n) is 5.35. The third kappa shape index (κ3) is 6.85. The maximum Gasteiger partial charge on any atom is 0.421 e. The van der Waals surface area contributed by atoms with Gasteiger partial charge >= 0.3 is 16.3 Å². The molecular weight excluding hydrogens is 312 g/mol. The standard InChI is InChI=1S/C9H19BrN2O4S/c1-4-7(5-2)8(10)6-11-17(14,15)12-9(13)16-3/h7-8,11H,4-6H2,1-3H3,(H,12,13). The molecular formula is C9H19BrN2O4S. The minimum absolute atomic E-state index is 0.0340. The van der Waals surface area contributed by atoms with E-state index in [0.717, 1.165) is 20.0 Å². The van der Waals surface area contributed by atoms with E-state index in [0.29, 0.717) is 5.92 Å². The number of ether oxygens (including phenoxy) is 1. The highest BCUT2D eigenvalue weighted by molar-refractivity contribution is 9.09. The topological polar surface area (TPSA) is 84.5 Å². The molecule has 6 nitrogen and oxygen atoms in total. The van der Waals surface area contributed by atoms with E-state index in [2.05, 4.69) is 25.4 Å². The summed E-state index contributed by atoms with van der Waals surface area (Å²) in [6, 6.07) is 0. The number of rotatable bonds is 7. The molecule has 8 heteroatoms. The van der Waals surface area contributed by atoms with Crippen LogP contribution in [0.2, 0.25) is 0 Å². The van der Waals surface area contributed by atoms with Crippen molar-refractivity contribution in [3.63, 3.8) is 0 Å². The van der Waals surface area contributed by atoms with Gasteiger partial charge in [-0.15, -0.1) is 0 Å². The van der Waals surface area contributed by atoms with Gasteiger partial charge in [-0.05, 0) is 5.92 Å². The number of nitrogens with one attached hydrogen (secondary N) is 2. The average Bonchev–Trinajstić information content (AvgIpc) is 2.27. The summed E-state index contributed by atoms with van der Waals surface area (Å²) >= 11 is 3.43. The Balaban J connectivity index is 4.22. The van der Waals surface area contributed by atoms with Gasteiger partial charge < -0.3 is 4.74 Å². The Kier molecular flexibility index (Phi) is 7.73. The van der Waals surface area contributed by atoms with E-state index in [9.17, 15) is 13.2 Å². The van der Waals surface area contributed by atoms with Crippen molar-refractivity contribution in [2.45, 2.75) is 31.5 Å². The Morgan fingerprint density at radius 1 is 1.35 bits per heavy atom. The van der Waals surface area contributed by atoms with E-state index in [4.69, 9.17) is 0 Å². The summed E-state index contributed by atoms with van der Waals surface area (Å²) in [6.45, 7) is 4.31. The summed E-state index contributed by atoms with van der Waals surface area (Å²) in [5.41, 5.74) is 0. The summed E-state index contributed by atoms with van der Waals surface area (Å²) in [5, 5.41) is 0. The van der Waals surface area contributed by atoms with Crippen molar-refractivity contribution in [1.29, 1.82) is 0 Å². The number of carbonyl (C=O) groups is 1. The number of hydrogen-bond donors (Lipinski definition) is 2. The van der Waals surface area contributed by atoms with E-state index in [1.54, 1.807) is 4.72 Å². The first-order chi connectivity index (χ1) is 7.86. The van der Waals surface area contributed by atoms with E-state index in [1.165, 1.54) is 0 Å². The largest absolute Gasteiger partial charge is 0.452 e. The fourth-order valence-electron chi connectivity index (χ4n) is 1.34. The van der Waals surface area contributed by atoms with Gasteiger partial charge in [0, 0.05) is 11.4 Å². The molecule has 0 aromatic rings. The number of methoxy groups -OCH3 is 1. The van der Waals surface area contributed by atoms with Crippen molar-refractivity contribution in [1.82, 2.24) is 9.44 Å². The molecule has 1 unspecified atom stereocenters. The Morgan fingerprint density at radius 3 is 2.29 bits per heavy atom. The van der Waals surface area contributed by atoms with Gasteiger partial charge in [0.05, 0.1) is 7.11 Å². The molecule has 0 aliphatic heterocycles. The molecule has 0 spiro atoms. The fraction of sp³-hybridized carbons (Fsp3) is 0.889. The lowest BCUT2D eigenvalue weighted by Crippen LogP contribution is -2.43. The Hall–Kier alpha value is -0.340. The summed E-state index contributed by atoms with van der Waals surface area (Å²) in [7, 11) is -2.74. The van der Waals surface area contributed by atoms with Crippen molar-refractivity contribution in [3.8, 4) is 0 Å². The molecule has 0 aliphatic carbocycles. The molecule has 0 heterocycles. The molecule has 0 fully saturated rings. The Morgan fingerprint density at radius 2 is 1.88 bits per heavy atom. The molecule has 0 aromatic heterocycles. The van der Waals surface area contributed by atoms with E-state index >= 15 is 0 Å². The van der Waals surface area contributed by atoms with E-state index in [-0.39, 0.29) is 11.4 Å². The smallest absolute Gasteiger partial charge is 0.421 e. The SMILES string of the molecule is CCC(CC)C(Br)CNS(=O)(=O)NC(=O)OC. The van der Waals surface area contributed by atoms with Crippen LogP contribution in [0.1, 0.15) is 26.7 Å². The normalized spacial score (nSPS) is 13.5. The van der Waals surface area contributed by atoms with Crippen LogP contribution in [0.15, 0.2) is 0 Å². The summed E-state index contributed by atoms with van der Waals surface area (Å²) in [5.74, 6) is 0.385. The van der Waals surface area contributed by atoms with Crippen LogP contribution < -0.4 is 9.44 Å². The van der Waals surface area contributed by atoms with Gasteiger partial charge in [-0.2, -0.15) is 13.1 Å². The Labute approximate surface area is 111 Å². The third-order valence-corrected chi connectivity index (χ3v) is 4.49. The molecule has 0 aliphatic rings. The first-order valence-corrected chi connectivity index (χ1v) is 7.75. The zero-order valence-corrected chi connectivity index (χ0v) is 12.6. The summed E-state index contributed by atoms with van der Waals surface area (Å²) < 4.78 is 30.9. The van der Waals surface area contributed by atoms with Gasteiger partial charge in [0.1, 0.15) is 0 Å². The second kappa shape index (κ2) is 7.88. The molecule has 2 N–H and O–H groups in total. The highest BCUT2D eigenvalue weighted by Crippen LogP contribution is 2.19. The molecule has 1 amide bonds. The first kappa shape index (κ1) is 16.7. The van der Waals surface area contributed by atoms with Crippen molar-refractivity contribution < 1.29 is 17.9 Å². The maximum absolute atomic E-state index is 11.4. The summed E-state index contributed by atoms with van der Waals surface area (Å²) in [4.78, 5) is 10.8. The van der Waals surface area contributed by atoms with Gasteiger partial charge in [0.15, 0.2) is 0 Å². The van der Waals surface area contributed by atoms with Crippen LogP contribution in [0.25, 0.3) is 0 Å². The van der Waals surface area contributed by atoms with Crippen LogP contribution >= 0.6 is 15.9 Å². The molecule has 0 saturated carbocycles. The maximum atomic E-state index is 11.4. The van der Waals surface area contributed by atoms with Gasteiger partial charge in [0.2, 0.25) is 0 Å². The van der Waals surface area contributed by atoms with Crippen molar-refractivity contribution >= 4 is 32.2 Å². The molecule has 0 rings (SSSR count). The second-order valence-electron chi connectivity index (χ2n) is 3.54. The lowest BCUT2D eigenvalue weighted by molar-refractivity contribution is 0.177. The minimum Gasteiger partial charge on any atom is -0.452 e. The van der Waals surface area contributed by atoms with Gasteiger partial charge in [-0.25, -0.2) is 9.52 Å². The fourth-order valence-corrected chi connectivity index (χ4v) is 3.24. The van der Waals surface area contributed by atoms with Crippen molar-refractivity contribution in [2.24, 2.45) is 5.92 Å².